The van der Waals surface area contributed by atoms with Gasteiger partial charge in [0.05, 0.1) is 16.3 Å². The number of sulfone groups is 1. The van der Waals surface area contributed by atoms with Crippen molar-refractivity contribution in [2.75, 3.05) is 11.5 Å². The molecule has 2 N–H and O–H groups in total. The van der Waals surface area contributed by atoms with Crippen LogP contribution in [0.4, 0.5) is 5.13 Å². The van der Waals surface area contributed by atoms with Crippen LogP contribution in [0.2, 0.25) is 0 Å². The molecule has 2 aromatic heterocycles. The molecule has 0 aliphatic carbocycles. The van der Waals surface area contributed by atoms with Gasteiger partial charge in [-0.1, -0.05) is 6.92 Å². The minimum absolute atomic E-state index is 0.00509. The molecule has 0 spiro atoms. The Morgan fingerprint density at radius 3 is 2.83 bits per heavy atom. The third-order valence-corrected chi connectivity index (χ3v) is 5.81. The van der Waals surface area contributed by atoms with Gasteiger partial charge in [0.25, 0.3) is 0 Å². The Morgan fingerprint density at radius 2 is 2.22 bits per heavy atom. The molecule has 0 unspecified atom stereocenters. The number of nitrogens with zero attached hydrogens (tertiary/aromatic N) is 2. The first-order valence-corrected chi connectivity index (χ1v) is 8.88. The molecule has 8 heteroatoms. The highest BCUT2D eigenvalue weighted by Gasteiger charge is 2.15. The molecule has 0 saturated heterocycles. The van der Waals surface area contributed by atoms with E-state index in [1.807, 2.05) is 12.3 Å². The van der Waals surface area contributed by atoms with E-state index in [-0.39, 0.29) is 11.5 Å². The number of thiazole rings is 2. The molecule has 0 radical (unpaired) electrons. The lowest BCUT2D eigenvalue weighted by atomic mass is 10.4. The number of aromatic nitrogens is 2. The van der Waals surface area contributed by atoms with E-state index in [9.17, 15) is 8.42 Å². The second-order valence-electron chi connectivity index (χ2n) is 3.78. The lowest BCUT2D eigenvalue weighted by molar-refractivity contribution is 0.594. The van der Waals surface area contributed by atoms with Crippen LogP contribution in [0, 0.1) is 0 Å². The van der Waals surface area contributed by atoms with Crippen molar-refractivity contribution in [2.45, 2.75) is 19.1 Å². The Hall–Kier alpha value is -0.990. The second-order valence-corrected chi connectivity index (χ2v) is 7.97. The van der Waals surface area contributed by atoms with Crippen LogP contribution in [-0.4, -0.2) is 24.1 Å². The molecule has 18 heavy (non-hydrogen) atoms. The van der Waals surface area contributed by atoms with E-state index < -0.39 is 9.84 Å². The van der Waals surface area contributed by atoms with Gasteiger partial charge in [0, 0.05) is 11.6 Å². The van der Waals surface area contributed by atoms with Crippen LogP contribution >= 0.6 is 22.7 Å². The molecule has 98 valence electrons. The second kappa shape index (κ2) is 5.33. The molecule has 2 rings (SSSR count). The quantitative estimate of drug-likeness (QED) is 0.915. The van der Waals surface area contributed by atoms with Crippen LogP contribution < -0.4 is 5.73 Å². The average molecular weight is 303 g/mol. The molecular weight excluding hydrogens is 290 g/mol. The maximum atomic E-state index is 11.7. The van der Waals surface area contributed by atoms with E-state index in [0.29, 0.717) is 16.6 Å². The Morgan fingerprint density at radius 1 is 1.44 bits per heavy atom. The Kier molecular flexibility index (Phi) is 3.98. The minimum Gasteiger partial charge on any atom is -0.375 e. The predicted octanol–water partition coefficient (Wildman–Crippen LogP) is 2.17. The van der Waals surface area contributed by atoms with Crippen molar-refractivity contribution in [3.63, 3.8) is 0 Å². The maximum Gasteiger partial charge on any atom is 0.180 e. The summed E-state index contributed by atoms with van der Waals surface area (Å²) in [6.07, 6.45) is 2.28. The smallest absolute Gasteiger partial charge is 0.180 e. The Labute approximate surface area is 114 Å². The summed E-state index contributed by atoms with van der Waals surface area (Å²) in [5.41, 5.74) is 6.32. The Balaban J connectivity index is 2.16. The zero-order valence-corrected chi connectivity index (χ0v) is 12.2. The van der Waals surface area contributed by atoms with Crippen LogP contribution in [0.1, 0.15) is 18.4 Å². The van der Waals surface area contributed by atoms with Crippen molar-refractivity contribution in [2.24, 2.45) is 0 Å². The summed E-state index contributed by atoms with van der Waals surface area (Å²) in [6, 6.07) is 0. The fourth-order valence-corrected chi connectivity index (χ4v) is 4.77. The Bertz CT molecular complexity index is 630. The van der Waals surface area contributed by atoms with Crippen molar-refractivity contribution in [3.05, 3.63) is 16.6 Å². The normalized spacial score (nSPS) is 11.8. The summed E-state index contributed by atoms with van der Waals surface area (Å²) >= 11 is 2.71. The van der Waals surface area contributed by atoms with Crippen LogP contribution in [0.25, 0.3) is 10.6 Å². The van der Waals surface area contributed by atoms with Crippen LogP contribution in [-0.2, 0) is 15.6 Å². The summed E-state index contributed by atoms with van der Waals surface area (Å²) in [4.78, 5) is 9.13. The molecule has 0 amide bonds. The first-order chi connectivity index (χ1) is 8.50. The number of rotatable bonds is 5. The molecule has 0 aliphatic heterocycles. The van der Waals surface area contributed by atoms with Gasteiger partial charge in [-0.2, -0.15) is 0 Å². The predicted molar refractivity (Wildman–Crippen MR) is 75.4 cm³/mol. The van der Waals surface area contributed by atoms with Gasteiger partial charge in [-0.25, -0.2) is 18.4 Å². The highest BCUT2D eigenvalue weighted by molar-refractivity contribution is 7.90. The van der Waals surface area contributed by atoms with Crippen LogP contribution in [0.15, 0.2) is 11.6 Å². The SMILES string of the molecule is CCCS(=O)(=O)Cc1ncc(-c2csc(N)n2)s1. The van der Waals surface area contributed by atoms with Crippen molar-refractivity contribution in [1.29, 1.82) is 0 Å². The monoisotopic (exact) mass is 303 g/mol. The zero-order valence-electron chi connectivity index (χ0n) is 9.79. The lowest BCUT2D eigenvalue weighted by Gasteiger charge is -1.98. The first kappa shape index (κ1) is 13.4. The molecule has 0 aliphatic rings. The first-order valence-electron chi connectivity index (χ1n) is 5.36. The molecule has 0 aromatic carbocycles. The van der Waals surface area contributed by atoms with E-state index in [2.05, 4.69) is 9.97 Å². The minimum atomic E-state index is -3.04. The van der Waals surface area contributed by atoms with Crippen molar-refractivity contribution in [1.82, 2.24) is 9.97 Å². The number of nitrogen functional groups attached to an aromatic ring is 1. The van der Waals surface area contributed by atoms with Crippen molar-refractivity contribution < 1.29 is 8.42 Å². The number of hydrogen-bond acceptors (Lipinski definition) is 7. The van der Waals surface area contributed by atoms with Crippen molar-refractivity contribution in [3.8, 4) is 10.6 Å². The standard InChI is InChI=1S/C10H13N3O2S3/c1-2-3-18(14,15)6-9-12-4-8(17-9)7-5-16-10(11)13-7/h4-5H,2-3,6H2,1H3,(H2,11,13). The fraction of sp³-hybridized carbons (Fsp3) is 0.400. The zero-order chi connectivity index (χ0) is 13.2. The van der Waals surface area contributed by atoms with E-state index in [1.165, 1.54) is 22.7 Å². The topological polar surface area (TPSA) is 85.9 Å². The van der Waals surface area contributed by atoms with Gasteiger partial charge in [0.1, 0.15) is 10.8 Å². The summed E-state index contributed by atoms with van der Waals surface area (Å²) < 4.78 is 23.4. The van der Waals surface area contributed by atoms with Crippen molar-refractivity contribution >= 4 is 37.6 Å². The van der Waals surface area contributed by atoms with Gasteiger partial charge in [-0.05, 0) is 6.42 Å². The summed E-state index contributed by atoms with van der Waals surface area (Å²) in [6.45, 7) is 1.85. The molecule has 2 aromatic rings. The number of anilines is 1. The molecule has 5 nitrogen and oxygen atoms in total. The number of hydrogen-bond donors (Lipinski definition) is 1. The molecule has 0 saturated carbocycles. The highest BCUT2D eigenvalue weighted by atomic mass is 32.2. The van der Waals surface area contributed by atoms with Gasteiger partial charge in [0.15, 0.2) is 15.0 Å². The summed E-state index contributed by atoms with van der Waals surface area (Å²) in [7, 11) is -3.04. The van der Waals surface area contributed by atoms with Crippen LogP contribution in [0.3, 0.4) is 0 Å². The maximum absolute atomic E-state index is 11.7. The fourth-order valence-electron chi connectivity index (χ4n) is 1.47. The van der Waals surface area contributed by atoms with Gasteiger partial charge < -0.3 is 5.73 Å². The molecule has 2 heterocycles. The van der Waals surface area contributed by atoms with Gasteiger partial charge in [-0.3, -0.25) is 0 Å². The van der Waals surface area contributed by atoms with E-state index in [4.69, 9.17) is 5.73 Å². The molecular formula is C10H13N3O2S3. The number of nitrogens with two attached hydrogens (primary N) is 1. The summed E-state index contributed by atoms with van der Waals surface area (Å²) in [5.74, 6) is 0.205. The third kappa shape index (κ3) is 3.27. The van der Waals surface area contributed by atoms with Gasteiger partial charge in [-0.15, -0.1) is 22.7 Å². The lowest BCUT2D eigenvalue weighted by Crippen LogP contribution is -2.08. The van der Waals surface area contributed by atoms with E-state index in [0.717, 1.165) is 10.6 Å². The van der Waals surface area contributed by atoms with Crippen LogP contribution in [0.5, 0.6) is 0 Å². The summed E-state index contributed by atoms with van der Waals surface area (Å²) in [5, 5.41) is 2.94. The molecule has 0 fully saturated rings. The third-order valence-electron chi connectivity index (χ3n) is 2.19. The average Bonchev–Trinajstić information content (AvgIpc) is 2.86. The molecule has 0 bridgehead atoms. The van der Waals surface area contributed by atoms with E-state index >= 15 is 0 Å². The molecule has 0 atom stereocenters. The largest absolute Gasteiger partial charge is 0.375 e. The highest BCUT2D eigenvalue weighted by Crippen LogP contribution is 2.28. The van der Waals surface area contributed by atoms with E-state index in [1.54, 1.807) is 6.20 Å². The van der Waals surface area contributed by atoms with Gasteiger partial charge >= 0.3 is 0 Å². The van der Waals surface area contributed by atoms with Gasteiger partial charge in [0.2, 0.25) is 0 Å².